The van der Waals surface area contributed by atoms with Crippen molar-refractivity contribution < 1.29 is 27.1 Å². The number of alkyl halides is 5. The number of aromatic nitrogens is 3. The third kappa shape index (κ3) is 4.27. The Balaban J connectivity index is 1.65. The van der Waals surface area contributed by atoms with Crippen molar-refractivity contribution in [2.75, 3.05) is 13.1 Å². The van der Waals surface area contributed by atoms with E-state index < -0.39 is 17.7 Å². The van der Waals surface area contributed by atoms with E-state index >= 15 is 0 Å². The summed E-state index contributed by atoms with van der Waals surface area (Å²) in [6, 6.07) is 4.33. The highest BCUT2D eigenvalue weighted by Crippen LogP contribution is 2.43. The number of hydrogen-bond acceptors (Lipinski definition) is 4. The van der Waals surface area contributed by atoms with Gasteiger partial charge >= 0.3 is 12.1 Å². The van der Waals surface area contributed by atoms with Crippen LogP contribution in [-0.2, 0) is 19.1 Å². The van der Waals surface area contributed by atoms with Crippen LogP contribution in [0.15, 0.2) is 30.5 Å². The van der Waals surface area contributed by atoms with Gasteiger partial charge in [0.25, 0.3) is 0 Å². The number of benzene rings is 1. The van der Waals surface area contributed by atoms with E-state index in [1.807, 2.05) is 0 Å². The molecule has 0 amide bonds. The van der Waals surface area contributed by atoms with E-state index in [0.717, 1.165) is 31.5 Å². The molecule has 1 aromatic heterocycles. The van der Waals surface area contributed by atoms with E-state index in [9.17, 15) is 22.0 Å². The monoisotopic (exact) mass is 390 g/mol. The molecule has 27 heavy (non-hydrogen) atoms. The van der Waals surface area contributed by atoms with Crippen molar-refractivity contribution in [3.8, 4) is 0 Å². The summed E-state index contributed by atoms with van der Waals surface area (Å²) in [7, 11) is 0. The van der Waals surface area contributed by atoms with E-state index in [2.05, 4.69) is 15.2 Å². The van der Waals surface area contributed by atoms with Gasteiger partial charge in [-0.1, -0.05) is 29.5 Å². The maximum Gasteiger partial charge on any atom is 0.458 e. The Morgan fingerprint density at radius 2 is 1.81 bits per heavy atom. The van der Waals surface area contributed by atoms with Crippen molar-refractivity contribution in [3.63, 3.8) is 0 Å². The van der Waals surface area contributed by atoms with Crippen LogP contribution >= 0.6 is 0 Å². The average molecular weight is 390 g/mol. The molecule has 0 saturated carbocycles. The number of nitrogens with zero attached hydrogens (tertiary/aromatic N) is 4. The summed E-state index contributed by atoms with van der Waals surface area (Å²) in [5.41, 5.74) is 0.0785. The second-order valence-corrected chi connectivity index (χ2v) is 6.65. The predicted molar refractivity (Wildman–Crippen MR) is 85.9 cm³/mol. The summed E-state index contributed by atoms with van der Waals surface area (Å²) >= 11 is 0. The Kier molecular flexibility index (Phi) is 5.48. The van der Waals surface area contributed by atoms with Crippen LogP contribution in [-0.4, -0.2) is 44.3 Å². The number of likely N-dealkylation sites (tertiary alicyclic amines) is 1. The molecule has 0 spiro atoms. The first-order chi connectivity index (χ1) is 12.7. The minimum atomic E-state index is -5.61. The quantitative estimate of drug-likeness (QED) is 0.797. The fourth-order valence-corrected chi connectivity index (χ4v) is 3.20. The minimum Gasteiger partial charge on any atom is -0.390 e. The molecule has 1 unspecified atom stereocenters. The molecule has 2 heterocycles. The molecule has 0 bridgehead atoms. The Hall–Kier alpha value is -2.07. The molecule has 1 aromatic carbocycles. The summed E-state index contributed by atoms with van der Waals surface area (Å²) in [5.74, 6) is -4.86. The van der Waals surface area contributed by atoms with Gasteiger partial charge in [0.1, 0.15) is 5.69 Å². The van der Waals surface area contributed by atoms with E-state index in [1.165, 1.54) is 12.1 Å². The van der Waals surface area contributed by atoms with Gasteiger partial charge in [0.05, 0.1) is 18.8 Å². The van der Waals surface area contributed by atoms with E-state index in [1.54, 1.807) is 10.9 Å². The zero-order valence-corrected chi connectivity index (χ0v) is 14.3. The smallest absolute Gasteiger partial charge is 0.390 e. The third-order valence-electron chi connectivity index (χ3n) is 4.65. The highest BCUT2D eigenvalue weighted by molar-refractivity contribution is 5.27. The van der Waals surface area contributed by atoms with Crippen LogP contribution in [0.2, 0.25) is 0 Å². The third-order valence-corrected chi connectivity index (χ3v) is 4.65. The molecule has 1 saturated heterocycles. The highest BCUT2D eigenvalue weighted by Gasteiger charge is 2.58. The van der Waals surface area contributed by atoms with Gasteiger partial charge in [-0.05, 0) is 24.9 Å². The largest absolute Gasteiger partial charge is 0.458 e. The van der Waals surface area contributed by atoms with Crippen LogP contribution in [0.3, 0.4) is 0 Å². The molecule has 2 aromatic rings. The fraction of sp³-hybridized carbons (Fsp3) is 0.529. The maximum atomic E-state index is 13.4. The standard InChI is InChI=1S/C17H19F5N4O/c18-16(19,17(20,21)22)13-5-3-12(4-6-13)8-25-7-1-2-15(10-25)26-9-14(11-27)23-24-26/h3-6,9,15,27H,1-2,7-8,10-11H2. The van der Waals surface area contributed by atoms with Crippen LogP contribution in [0.5, 0.6) is 0 Å². The average Bonchev–Trinajstić information content (AvgIpc) is 3.11. The van der Waals surface area contributed by atoms with Gasteiger partial charge in [0, 0.05) is 18.7 Å². The van der Waals surface area contributed by atoms with Crippen molar-refractivity contribution in [1.29, 1.82) is 0 Å². The van der Waals surface area contributed by atoms with Crippen LogP contribution < -0.4 is 0 Å². The van der Waals surface area contributed by atoms with Gasteiger partial charge in [-0.25, -0.2) is 4.68 Å². The minimum absolute atomic E-state index is 0.0698. The Morgan fingerprint density at radius 3 is 2.41 bits per heavy atom. The van der Waals surface area contributed by atoms with Crippen molar-refractivity contribution >= 4 is 0 Å². The molecule has 1 N–H and O–H groups in total. The Morgan fingerprint density at radius 1 is 1.11 bits per heavy atom. The van der Waals surface area contributed by atoms with Crippen molar-refractivity contribution in [3.05, 3.63) is 47.3 Å². The van der Waals surface area contributed by atoms with Crippen LogP contribution in [0, 0.1) is 0 Å². The lowest BCUT2D eigenvalue weighted by Crippen LogP contribution is -2.36. The molecular formula is C17H19F5N4O. The van der Waals surface area contributed by atoms with Gasteiger partial charge in [-0.2, -0.15) is 22.0 Å². The van der Waals surface area contributed by atoms with Crippen LogP contribution in [0.1, 0.15) is 35.7 Å². The van der Waals surface area contributed by atoms with E-state index in [4.69, 9.17) is 5.11 Å². The molecule has 0 aliphatic carbocycles. The highest BCUT2D eigenvalue weighted by atomic mass is 19.4. The molecular weight excluding hydrogens is 371 g/mol. The number of hydrogen-bond donors (Lipinski definition) is 1. The lowest BCUT2D eigenvalue weighted by Gasteiger charge is -2.32. The molecule has 1 aliphatic rings. The molecule has 10 heteroatoms. The first-order valence-corrected chi connectivity index (χ1v) is 8.48. The normalized spacial score (nSPS) is 19.4. The zero-order valence-electron chi connectivity index (χ0n) is 14.3. The number of aliphatic hydroxyl groups is 1. The molecule has 0 radical (unpaired) electrons. The fourth-order valence-electron chi connectivity index (χ4n) is 3.20. The maximum absolute atomic E-state index is 13.4. The first kappa shape index (κ1) is 19.7. The molecule has 1 fully saturated rings. The lowest BCUT2D eigenvalue weighted by molar-refractivity contribution is -0.289. The predicted octanol–water partition coefficient (Wildman–Crippen LogP) is 3.26. The number of piperidine rings is 1. The van der Waals surface area contributed by atoms with Crippen molar-refractivity contribution in [1.82, 2.24) is 19.9 Å². The molecule has 5 nitrogen and oxygen atoms in total. The number of aliphatic hydroxyl groups excluding tert-OH is 1. The van der Waals surface area contributed by atoms with Crippen LogP contribution in [0.4, 0.5) is 22.0 Å². The molecule has 148 valence electrons. The summed E-state index contributed by atoms with van der Waals surface area (Å²) < 4.78 is 65.7. The summed E-state index contributed by atoms with van der Waals surface area (Å²) in [5, 5.41) is 16.9. The van der Waals surface area contributed by atoms with E-state index in [0.29, 0.717) is 24.3 Å². The molecule has 3 rings (SSSR count). The van der Waals surface area contributed by atoms with Gasteiger partial charge < -0.3 is 5.11 Å². The Bertz CT molecular complexity index is 759. The summed E-state index contributed by atoms with van der Waals surface area (Å²) in [4.78, 5) is 2.09. The van der Waals surface area contributed by atoms with Gasteiger partial charge in [0.15, 0.2) is 0 Å². The van der Waals surface area contributed by atoms with Crippen LogP contribution in [0.25, 0.3) is 0 Å². The lowest BCUT2D eigenvalue weighted by atomic mass is 10.0. The van der Waals surface area contributed by atoms with Gasteiger partial charge in [0.2, 0.25) is 0 Å². The topological polar surface area (TPSA) is 54.2 Å². The Labute approximate surface area is 152 Å². The van der Waals surface area contributed by atoms with Gasteiger partial charge in [-0.3, -0.25) is 4.90 Å². The SMILES string of the molecule is OCc1cn(C2CCCN(Cc3ccc(C(F)(F)C(F)(F)F)cc3)C2)nn1. The second-order valence-electron chi connectivity index (χ2n) is 6.65. The van der Waals surface area contributed by atoms with Crippen molar-refractivity contribution in [2.24, 2.45) is 0 Å². The number of halogens is 5. The second kappa shape index (κ2) is 7.51. The zero-order chi connectivity index (χ0) is 19.7. The molecule has 1 aliphatic heterocycles. The summed E-state index contributed by atoms with van der Waals surface area (Å²) in [6.07, 6.45) is -2.15. The van der Waals surface area contributed by atoms with Crippen molar-refractivity contribution in [2.45, 2.75) is 44.1 Å². The van der Waals surface area contributed by atoms with E-state index in [-0.39, 0.29) is 12.6 Å². The summed E-state index contributed by atoms with van der Waals surface area (Å²) in [6.45, 7) is 1.69. The number of rotatable bonds is 5. The van der Waals surface area contributed by atoms with Gasteiger partial charge in [-0.15, -0.1) is 5.10 Å². The molecule has 1 atom stereocenters. The first-order valence-electron chi connectivity index (χ1n) is 8.48.